The maximum atomic E-state index is 13.7. The highest BCUT2D eigenvalue weighted by atomic mass is 19.3. The van der Waals surface area contributed by atoms with Crippen LogP contribution in [0.4, 0.5) is 8.78 Å². The second-order valence-electron chi connectivity index (χ2n) is 5.71. The molecule has 25 heavy (non-hydrogen) atoms. The molecule has 2 heterocycles. The lowest BCUT2D eigenvalue weighted by Gasteiger charge is -2.10. The van der Waals surface area contributed by atoms with Crippen molar-refractivity contribution in [1.29, 1.82) is 10.5 Å². The molecular formula is C18H13F2N5. The Balaban J connectivity index is 2.17. The summed E-state index contributed by atoms with van der Waals surface area (Å²) in [6, 6.07) is 11.1. The molecule has 0 fully saturated rings. The van der Waals surface area contributed by atoms with Crippen LogP contribution in [0.25, 0.3) is 11.0 Å². The highest BCUT2D eigenvalue weighted by molar-refractivity contribution is 5.78. The van der Waals surface area contributed by atoms with Gasteiger partial charge >= 0.3 is 5.92 Å². The van der Waals surface area contributed by atoms with E-state index >= 15 is 0 Å². The van der Waals surface area contributed by atoms with E-state index in [1.165, 1.54) is 10.7 Å². The monoisotopic (exact) mass is 337 g/mol. The van der Waals surface area contributed by atoms with E-state index in [9.17, 15) is 14.0 Å². The van der Waals surface area contributed by atoms with E-state index in [-0.39, 0.29) is 12.2 Å². The Labute approximate surface area is 142 Å². The number of pyridine rings is 1. The molecule has 3 aromatic rings. The fourth-order valence-corrected chi connectivity index (χ4v) is 2.72. The van der Waals surface area contributed by atoms with Gasteiger partial charge in [-0.1, -0.05) is 12.1 Å². The lowest BCUT2D eigenvalue weighted by molar-refractivity contribution is 0.0566. The highest BCUT2D eigenvalue weighted by Crippen LogP contribution is 2.28. The average Bonchev–Trinajstić information content (AvgIpc) is 2.92. The van der Waals surface area contributed by atoms with Crippen LogP contribution in [0.2, 0.25) is 0 Å². The number of aryl methyl sites for hydroxylation is 2. The van der Waals surface area contributed by atoms with Crippen molar-refractivity contribution in [2.75, 3.05) is 0 Å². The second kappa shape index (κ2) is 5.95. The molecule has 0 aliphatic heterocycles. The maximum Gasteiger partial charge on any atom is 0.373 e. The van der Waals surface area contributed by atoms with Crippen LogP contribution < -0.4 is 0 Å². The van der Waals surface area contributed by atoms with E-state index < -0.39 is 11.6 Å². The molecule has 0 unspecified atom stereocenters. The molecule has 0 aliphatic rings. The number of nitrogens with zero attached hydrogens (tertiary/aromatic N) is 5. The van der Waals surface area contributed by atoms with Gasteiger partial charge in [-0.25, -0.2) is 9.67 Å². The first-order valence-electron chi connectivity index (χ1n) is 7.49. The summed E-state index contributed by atoms with van der Waals surface area (Å²) in [6.07, 6.45) is 0. The maximum absolute atomic E-state index is 13.7. The molecule has 0 spiro atoms. The van der Waals surface area contributed by atoms with Crippen LogP contribution in [0.15, 0.2) is 30.3 Å². The molecule has 0 aliphatic carbocycles. The van der Waals surface area contributed by atoms with Crippen molar-refractivity contribution < 1.29 is 8.78 Å². The number of hydrogen-bond donors (Lipinski definition) is 0. The van der Waals surface area contributed by atoms with E-state index in [1.54, 1.807) is 19.1 Å². The first-order valence-corrected chi connectivity index (χ1v) is 7.49. The number of aromatic nitrogens is 3. The minimum atomic E-state index is -3.67. The molecule has 0 bridgehead atoms. The van der Waals surface area contributed by atoms with Gasteiger partial charge in [0.1, 0.15) is 11.8 Å². The molecule has 0 amide bonds. The normalized spacial score (nSPS) is 11.3. The molecule has 0 radical (unpaired) electrons. The minimum absolute atomic E-state index is 0.231. The molecule has 5 nitrogen and oxygen atoms in total. The Morgan fingerprint density at radius 3 is 2.60 bits per heavy atom. The zero-order valence-corrected chi connectivity index (χ0v) is 13.6. The summed E-state index contributed by atoms with van der Waals surface area (Å²) in [4.78, 5) is 3.96. The van der Waals surface area contributed by atoms with Gasteiger partial charge in [0.25, 0.3) is 0 Å². The van der Waals surface area contributed by atoms with Crippen molar-refractivity contribution in [3.63, 3.8) is 0 Å². The second-order valence-corrected chi connectivity index (χ2v) is 5.71. The van der Waals surface area contributed by atoms with Gasteiger partial charge in [-0.3, -0.25) is 0 Å². The first-order chi connectivity index (χ1) is 11.9. The van der Waals surface area contributed by atoms with Gasteiger partial charge in [0.2, 0.25) is 0 Å². The Morgan fingerprint density at radius 2 is 1.92 bits per heavy atom. The van der Waals surface area contributed by atoms with Crippen molar-refractivity contribution in [3.05, 3.63) is 58.4 Å². The SMILES string of the molecule is Cc1cccc(C#N)c1Cn1nc(C)c2ccc(C(F)(F)C#N)nc21. The third-order valence-corrected chi connectivity index (χ3v) is 4.08. The van der Waals surface area contributed by atoms with Gasteiger partial charge in [0.15, 0.2) is 5.65 Å². The van der Waals surface area contributed by atoms with Crippen LogP contribution in [0.5, 0.6) is 0 Å². The molecule has 7 heteroatoms. The number of fused-ring (bicyclic) bond motifs is 1. The summed E-state index contributed by atoms with van der Waals surface area (Å²) in [5.74, 6) is -3.67. The van der Waals surface area contributed by atoms with Crippen molar-refractivity contribution >= 4 is 11.0 Å². The van der Waals surface area contributed by atoms with Gasteiger partial charge in [0.05, 0.1) is 23.9 Å². The molecule has 2 aromatic heterocycles. The molecule has 3 rings (SSSR count). The fourth-order valence-electron chi connectivity index (χ4n) is 2.72. The van der Waals surface area contributed by atoms with E-state index in [0.29, 0.717) is 16.6 Å². The van der Waals surface area contributed by atoms with Gasteiger partial charge in [-0.05, 0) is 43.2 Å². The summed E-state index contributed by atoms with van der Waals surface area (Å²) in [5, 5.41) is 22.9. The number of halogens is 2. The highest BCUT2D eigenvalue weighted by Gasteiger charge is 2.33. The third-order valence-electron chi connectivity index (χ3n) is 4.08. The summed E-state index contributed by atoms with van der Waals surface area (Å²) < 4.78 is 28.8. The number of nitriles is 2. The lowest BCUT2D eigenvalue weighted by atomic mass is 10.0. The zero-order valence-electron chi connectivity index (χ0n) is 13.6. The fraction of sp³-hybridized carbons (Fsp3) is 0.222. The Kier molecular flexibility index (Phi) is 3.94. The van der Waals surface area contributed by atoms with Crippen molar-refractivity contribution in [3.8, 4) is 12.1 Å². The van der Waals surface area contributed by atoms with E-state index in [2.05, 4.69) is 16.2 Å². The molecule has 124 valence electrons. The van der Waals surface area contributed by atoms with Gasteiger partial charge in [-0.2, -0.15) is 24.4 Å². The number of alkyl halides is 2. The average molecular weight is 337 g/mol. The van der Waals surface area contributed by atoms with Crippen molar-refractivity contribution in [2.24, 2.45) is 0 Å². The molecular weight excluding hydrogens is 324 g/mol. The zero-order chi connectivity index (χ0) is 18.2. The molecule has 1 aromatic carbocycles. The topological polar surface area (TPSA) is 78.3 Å². The lowest BCUT2D eigenvalue weighted by Crippen LogP contribution is -2.13. The summed E-state index contributed by atoms with van der Waals surface area (Å²) >= 11 is 0. The molecule has 0 atom stereocenters. The van der Waals surface area contributed by atoms with Crippen LogP contribution in [0.1, 0.15) is 28.1 Å². The van der Waals surface area contributed by atoms with Crippen LogP contribution >= 0.6 is 0 Å². The van der Waals surface area contributed by atoms with Gasteiger partial charge < -0.3 is 0 Å². The van der Waals surface area contributed by atoms with Crippen molar-refractivity contribution in [2.45, 2.75) is 26.3 Å². The smallest absolute Gasteiger partial charge is 0.242 e. The molecule has 0 N–H and O–H groups in total. The summed E-state index contributed by atoms with van der Waals surface area (Å²) in [6.45, 7) is 3.86. The van der Waals surface area contributed by atoms with E-state index in [4.69, 9.17) is 5.26 Å². The van der Waals surface area contributed by atoms with E-state index in [1.807, 2.05) is 13.0 Å². The Morgan fingerprint density at radius 1 is 1.16 bits per heavy atom. The van der Waals surface area contributed by atoms with Crippen LogP contribution in [0.3, 0.4) is 0 Å². The van der Waals surface area contributed by atoms with E-state index in [0.717, 1.165) is 23.3 Å². The van der Waals surface area contributed by atoms with Crippen molar-refractivity contribution in [1.82, 2.24) is 14.8 Å². The van der Waals surface area contributed by atoms with Gasteiger partial charge in [0, 0.05) is 5.39 Å². The quantitative estimate of drug-likeness (QED) is 0.732. The molecule has 0 saturated heterocycles. The third kappa shape index (κ3) is 2.81. The van der Waals surface area contributed by atoms with Gasteiger partial charge in [-0.15, -0.1) is 0 Å². The predicted molar refractivity (Wildman–Crippen MR) is 86.8 cm³/mol. The number of rotatable bonds is 3. The number of benzene rings is 1. The largest absolute Gasteiger partial charge is 0.373 e. The predicted octanol–water partition coefficient (Wildman–Crippen LogP) is 3.58. The first kappa shape index (κ1) is 16.5. The standard InChI is InChI=1S/C18H13F2N5/c1-11-4-3-5-13(8-21)15(11)9-25-17-14(12(2)24-25)6-7-16(23-17)18(19,20)10-22/h3-7H,9H2,1-2H3. The van der Waals surface area contributed by atoms with Crippen LogP contribution in [0, 0.1) is 36.5 Å². The minimum Gasteiger partial charge on any atom is -0.242 e. The summed E-state index contributed by atoms with van der Waals surface area (Å²) in [7, 11) is 0. The Hall–Kier alpha value is -3.32. The van der Waals surface area contributed by atoms with Crippen LogP contribution in [-0.2, 0) is 12.5 Å². The van der Waals surface area contributed by atoms with Crippen LogP contribution in [-0.4, -0.2) is 14.8 Å². The summed E-state index contributed by atoms with van der Waals surface area (Å²) in [5.41, 5.74) is 2.44. The number of hydrogen-bond acceptors (Lipinski definition) is 4. The molecule has 0 saturated carbocycles. The Bertz CT molecular complexity index is 1050.